The summed E-state index contributed by atoms with van der Waals surface area (Å²) in [5.74, 6) is -1.47. The molecule has 148 valence electrons. The summed E-state index contributed by atoms with van der Waals surface area (Å²) in [5, 5.41) is 0. The van der Waals surface area contributed by atoms with Gasteiger partial charge < -0.3 is 0 Å². The SMILES string of the molecule is O=C1[C@H]2[C@H](C(=O)N1c1ccccc1Br)C1(Br)c3ccccc3C2(Br)c2ccccc21. The minimum Gasteiger partial charge on any atom is -0.274 e. The minimum absolute atomic E-state index is 0.179. The number of hydrogen-bond donors (Lipinski definition) is 0. The summed E-state index contributed by atoms with van der Waals surface area (Å²) in [4.78, 5) is 29.2. The van der Waals surface area contributed by atoms with E-state index in [0.717, 1.165) is 26.7 Å². The van der Waals surface area contributed by atoms with Crippen molar-refractivity contribution in [2.24, 2.45) is 11.8 Å². The van der Waals surface area contributed by atoms with Crippen molar-refractivity contribution in [3.05, 3.63) is 99.5 Å². The van der Waals surface area contributed by atoms with Gasteiger partial charge in [0.2, 0.25) is 11.8 Å². The lowest BCUT2D eigenvalue weighted by atomic mass is 9.54. The summed E-state index contributed by atoms with van der Waals surface area (Å²) >= 11 is 11.6. The fraction of sp³-hybridized carbons (Fsp3) is 0.167. The Kier molecular flexibility index (Phi) is 3.89. The van der Waals surface area contributed by atoms with Crippen LogP contribution in [0.5, 0.6) is 0 Å². The van der Waals surface area contributed by atoms with Gasteiger partial charge in [0.25, 0.3) is 0 Å². The maximum absolute atomic E-state index is 13.9. The van der Waals surface area contributed by atoms with Crippen molar-refractivity contribution in [3.8, 4) is 0 Å². The van der Waals surface area contributed by atoms with Crippen molar-refractivity contribution < 1.29 is 9.59 Å². The molecule has 1 heterocycles. The molecule has 0 spiro atoms. The summed E-state index contributed by atoms with van der Waals surface area (Å²) in [6.45, 7) is 0. The van der Waals surface area contributed by atoms with Gasteiger partial charge in [-0.3, -0.25) is 9.59 Å². The van der Waals surface area contributed by atoms with E-state index >= 15 is 0 Å². The molecule has 2 amide bonds. The monoisotopic (exact) mass is 585 g/mol. The van der Waals surface area contributed by atoms with E-state index in [2.05, 4.69) is 72.1 Å². The maximum Gasteiger partial charge on any atom is 0.239 e. The Morgan fingerprint density at radius 3 is 1.40 bits per heavy atom. The van der Waals surface area contributed by atoms with Gasteiger partial charge in [0.05, 0.1) is 26.2 Å². The zero-order chi connectivity index (χ0) is 20.8. The largest absolute Gasteiger partial charge is 0.274 e. The highest BCUT2D eigenvalue weighted by Crippen LogP contribution is 2.70. The average molecular weight is 588 g/mol. The van der Waals surface area contributed by atoms with Crippen molar-refractivity contribution in [2.45, 2.75) is 8.65 Å². The van der Waals surface area contributed by atoms with E-state index in [1.807, 2.05) is 42.5 Å². The summed E-state index contributed by atoms with van der Waals surface area (Å²) < 4.78 is -0.799. The number of amides is 2. The molecule has 1 fully saturated rings. The second-order valence-corrected chi connectivity index (χ2v) is 11.3. The smallest absolute Gasteiger partial charge is 0.239 e. The number of imide groups is 1. The molecule has 3 aromatic carbocycles. The first-order valence-corrected chi connectivity index (χ1v) is 12.0. The predicted molar refractivity (Wildman–Crippen MR) is 126 cm³/mol. The normalized spacial score (nSPS) is 30.8. The molecule has 0 radical (unpaired) electrons. The quantitative estimate of drug-likeness (QED) is 0.264. The van der Waals surface area contributed by atoms with Gasteiger partial charge in [-0.2, -0.15) is 0 Å². The van der Waals surface area contributed by atoms with Gasteiger partial charge in [0, 0.05) is 4.47 Å². The highest BCUT2D eigenvalue weighted by molar-refractivity contribution is 9.10. The van der Waals surface area contributed by atoms with E-state index < -0.39 is 20.5 Å². The van der Waals surface area contributed by atoms with Crippen LogP contribution in [0.15, 0.2) is 77.3 Å². The molecule has 30 heavy (non-hydrogen) atoms. The van der Waals surface area contributed by atoms with Crippen LogP contribution in [0.2, 0.25) is 0 Å². The van der Waals surface area contributed by atoms with E-state index in [-0.39, 0.29) is 11.8 Å². The fourth-order valence-electron chi connectivity index (χ4n) is 5.54. The first-order chi connectivity index (χ1) is 14.4. The lowest BCUT2D eigenvalue weighted by Gasteiger charge is -2.55. The topological polar surface area (TPSA) is 37.4 Å². The minimum atomic E-state index is -0.761. The molecule has 0 saturated carbocycles. The molecule has 3 nitrogen and oxygen atoms in total. The second kappa shape index (κ2) is 6.15. The van der Waals surface area contributed by atoms with Gasteiger partial charge >= 0.3 is 0 Å². The number of hydrogen-bond acceptors (Lipinski definition) is 2. The van der Waals surface area contributed by atoms with Crippen LogP contribution in [0.1, 0.15) is 22.3 Å². The summed E-state index contributed by atoms with van der Waals surface area (Å²) in [7, 11) is 0. The van der Waals surface area contributed by atoms with Gasteiger partial charge in [-0.25, -0.2) is 4.90 Å². The molecule has 3 aromatic rings. The number of halogens is 3. The Balaban J connectivity index is 1.68. The molecule has 7 rings (SSSR count). The number of alkyl halides is 2. The Labute approximate surface area is 198 Å². The van der Waals surface area contributed by atoms with Crippen LogP contribution in [0.25, 0.3) is 0 Å². The maximum atomic E-state index is 13.9. The number of rotatable bonds is 1. The fourth-order valence-corrected chi connectivity index (χ4v) is 8.30. The third kappa shape index (κ3) is 2.01. The highest BCUT2D eigenvalue weighted by Gasteiger charge is 2.72. The zero-order valence-corrected chi connectivity index (χ0v) is 20.2. The van der Waals surface area contributed by atoms with Gasteiger partial charge in [-0.15, -0.1) is 0 Å². The van der Waals surface area contributed by atoms with E-state index in [1.165, 1.54) is 4.90 Å². The van der Waals surface area contributed by atoms with E-state index in [1.54, 1.807) is 6.07 Å². The van der Waals surface area contributed by atoms with Crippen molar-refractivity contribution in [1.82, 2.24) is 0 Å². The molecule has 2 atom stereocenters. The van der Waals surface area contributed by atoms with E-state index in [4.69, 9.17) is 0 Å². The standard InChI is InChI=1S/C24H14Br3NO2/c25-17-11-5-6-12-18(17)28-21(29)19-20(22(28)30)24(27)14-8-2-1-7-13(14)23(19,26)15-9-3-4-10-16(15)24/h1-12,19-20H/t19-,20-,23?,24?/m1/s1. The third-order valence-electron chi connectivity index (χ3n) is 6.68. The van der Waals surface area contributed by atoms with Crippen molar-refractivity contribution in [3.63, 3.8) is 0 Å². The van der Waals surface area contributed by atoms with E-state index in [0.29, 0.717) is 5.69 Å². The molecule has 4 aliphatic rings. The molecule has 1 aliphatic heterocycles. The van der Waals surface area contributed by atoms with Gasteiger partial charge in [-0.05, 0) is 50.3 Å². The molecule has 2 bridgehead atoms. The Hall–Kier alpha value is -1.76. The van der Waals surface area contributed by atoms with E-state index in [9.17, 15) is 9.59 Å². The van der Waals surface area contributed by atoms with Crippen LogP contribution in [0.4, 0.5) is 5.69 Å². The Morgan fingerprint density at radius 2 is 1.00 bits per heavy atom. The van der Waals surface area contributed by atoms with Crippen LogP contribution in [0, 0.1) is 11.8 Å². The lowest BCUT2D eigenvalue weighted by Crippen LogP contribution is -2.56. The molecular weight excluding hydrogens is 574 g/mol. The Bertz CT molecular complexity index is 1150. The molecule has 0 unspecified atom stereocenters. The number of benzene rings is 3. The number of anilines is 1. The predicted octanol–water partition coefficient (Wildman–Crippen LogP) is 5.86. The van der Waals surface area contributed by atoms with Crippen molar-refractivity contribution in [2.75, 3.05) is 4.90 Å². The summed E-state index contributed by atoms with van der Waals surface area (Å²) in [6.07, 6.45) is 0. The molecule has 1 saturated heterocycles. The van der Waals surface area contributed by atoms with Crippen LogP contribution >= 0.6 is 47.8 Å². The Morgan fingerprint density at radius 1 is 0.633 bits per heavy atom. The summed E-state index contributed by atoms with van der Waals surface area (Å²) in [5.41, 5.74) is 4.74. The first kappa shape index (κ1) is 19.0. The number of carbonyl (C=O) groups excluding carboxylic acids is 2. The molecule has 3 aliphatic carbocycles. The first-order valence-electron chi connectivity index (χ1n) is 9.62. The lowest BCUT2D eigenvalue weighted by molar-refractivity contribution is -0.122. The van der Waals surface area contributed by atoms with Gasteiger partial charge in [0.1, 0.15) is 0 Å². The van der Waals surface area contributed by atoms with Crippen LogP contribution in [-0.2, 0) is 18.2 Å². The van der Waals surface area contributed by atoms with Crippen LogP contribution in [-0.4, -0.2) is 11.8 Å². The number of carbonyl (C=O) groups is 2. The molecule has 0 N–H and O–H groups in total. The van der Waals surface area contributed by atoms with Crippen LogP contribution < -0.4 is 4.90 Å². The highest BCUT2D eigenvalue weighted by atomic mass is 79.9. The van der Waals surface area contributed by atoms with Gasteiger partial charge in [-0.1, -0.05) is 92.5 Å². The number of para-hydroxylation sites is 1. The summed E-state index contributed by atoms with van der Waals surface area (Å²) in [6, 6.07) is 23.6. The second-order valence-electron chi connectivity index (χ2n) is 7.93. The molecule has 6 heteroatoms. The van der Waals surface area contributed by atoms with Crippen molar-refractivity contribution >= 4 is 65.3 Å². The van der Waals surface area contributed by atoms with Crippen molar-refractivity contribution in [1.29, 1.82) is 0 Å². The van der Waals surface area contributed by atoms with Crippen LogP contribution in [0.3, 0.4) is 0 Å². The third-order valence-corrected chi connectivity index (χ3v) is 10.0. The zero-order valence-electron chi connectivity index (χ0n) is 15.5. The molecule has 0 aromatic heterocycles. The van der Waals surface area contributed by atoms with Gasteiger partial charge in [0.15, 0.2) is 0 Å². The average Bonchev–Trinajstić information content (AvgIpc) is 3.04. The number of nitrogens with zero attached hydrogens (tertiary/aromatic N) is 1. The molecular formula is C24H14Br3NO2.